The number of halogens is 1. The number of rotatable bonds is 9. The molecule has 1 rings (SSSR count). The van der Waals surface area contributed by atoms with E-state index in [0.717, 1.165) is 18.7 Å². The van der Waals surface area contributed by atoms with Crippen LogP contribution in [-0.2, 0) is 11.2 Å². The minimum Gasteiger partial charge on any atom is -0.380 e. The number of hydrogen-bond acceptors (Lipinski definition) is 3. The van der Waals surface area contributed by atoms with Gasteiger partial charge in [0.15, 0.2) is 0 Å². The molecule has 0 fully saturated rings. The SMILES string of the molecule is CCOCCN(CC)C(C)(CN)Cc1ccccc1F. The van der Waals surface area contributed by atoms with Crippen LogP contribution in [0, 0.1) is 5.82 Å². The zero-order valence-electron chi connectivity index (χ0n) is 12.9. The minimum absolute atomic E-state index is 0.159. The van der Waals surface area contributed by atoms with Crippen LogP contribution in [0.15, 0.2) is 24.3 Å². The zero-order chi connectivity index (χ0) is 15.0. The van der Waals surface area contributed by atoms with Crippen LogP contribution in [0.5, 0.6) is 0 Å². The van der Waals surface area contributed by atoms with Crippen LogP contribution < -0.4 is 5.73 Å². The lowest BCUT2D eigenvalue weighted by molar-refractivity contribution is 0.0605. The van der Waals surface area contributed by atoms with Gasteiger partial charge in [-0.25, -0.2) is 4.39 Å². The van der Waals surface area contributed by atoms with Gasteiger partial charge >= 0.3 is 0 Å². The van der Waals surface area contributed by atoms with Crippen molar-refractivity contribution in [2.45, 2.75) is 32.7 Å². The predicted molar refractivity (Wildman–Crippen MR) is 81.3 cm³/mol. The summed E-state index contributed by atoms with van der Waals surface area (Å²) < 4.78 is 19.3. The van der Waals surface area contributed by atoms with Gasteiger partial charge in [0.2, 0.25) is 0 Å². The third-order valence-electron chi connectivity index (χ3n) is 3.82. The molecule has 0 spiro atoms. The van der Waals surface area contributed by atoms with Crippen LogP contribution in [0.25, 0.3) is 0 Å². The van der Waals surface area contributed by atoms with E-state index in [-0.39, 0.29) is 11.4 Å². The van der Waals surface area contributed by atoms with E-state index in [2.05, 4.69) is 18.7 Å². The number of hydrogen-bond donors (Lipinski definition) is 1. The van der Waals surface area contributed by atoms with Gasteiger partial charge in [0.1, 0.15) is 5.82 Å². The average molecular weight is 282 g/mol. The first kappa shape index (κ1) is 17.1. The maximum absolute atomic E-state index is 13.8. The van der Waals surface area contributed by atoms with Crippen LogP contribution in [-0.4, -0.2) is 43.3 Å². The molecule has 3 nitrogen and oxygen atoms in total. The summed E-state index contributed by atoms with van der Waals surface area (Å²) in [6.07, 6.45) is 0.607. The second kappa shape index (κ2) is 8.35. The van der Waals surface area contributed by atoms with Gasteiger partial charge in [0.05, 0.1) is 6.61 Å². The molecule has 0 saturated carbocycles. The maximum atomic E-state index is 13.8. The van der Waals surface area contributed by atoms with Crippen LogP contribution in [0.3, 0.4) is 0 Å². The van der Waals surface area contributed by atoms with Crippen LogP contribution in [0.2, 0.25) is 0 Å². The van der Waals surface area contributed by atoms with Gasteiger partial charge in [0.25, 0.3) is 0 Å². The van der Waals surface area contributed by atoms with Gasteiger partial charge in [-0.3, -0.25) is 4.90 Å². The van der Waals surface area contributed by atoms with E-state index in [0.29, 0.717) is 26.2 Å². The summed E-state index contributed by atoms with van der Waals surface area (Å²) >= 11 is 0. The molecule has 0 bridgehead atoms. The topological polar surface area (TPSA) is 38.5 Å². The number of likely N-dealkylation sites (N-methyl/N-ethyl adjacent to an activating group) is 1. The third-order valence-corrected chi connectivity index (χ3v) is 3.82. The molecule has 0 aliphatic carbocycles. The molecule has 0 aliphatic heterocycles. The van der Waals surface area contributed by atoms with Gasteiger partial charge in [-0.05, 0) is 38.4 Å². The Hall–Kier alpha value is -0.970. The van der Waals surface area contributed by atoms with Crippen molar-refractivity contribution < 1.29 is 9.13 Å². The molecule has 0 aliphatic rings. The number of ether oxygens (including phenoxy) is 1. The quantitative estimate of drug-likeness (QED) is 0.707. The van der Waals surface area contributed by atoms with E-state index in [1.165, 1.54) is 6.07 Å². The summed E-state index contributed by atoms with van der Waals surface area (Å²) in [6, 6.07) is 6.92. The number of nitrogens with zero attached hydrogens (tertiary/aromatic N) is 1. The van der Waals surface area contributed by atoms with Crippen molar-refractivity contribution in [2.75, 3.05) is 32.8 Å². The van der Waals surface area contributed by atoms with E-state index in [9.17, 15) is 4.39 Å². The summed E-state index contributed by atoms with van der Waals surface area (Å²) in [6.45, 7) is 9.73. The maximum Gasteiger partial charge on any atom is 0.126 e. The summed E-state index contributed by atoms with van der Waals surface area (Å²) in [5, 5.41) is 0. The Labute approximate surface area is 121 Å². The molecule has 20 heavy (non-hydrogen) atoms. The van der Waals surface area contributed by atoms with Gasteiger partial charge < -0.3 is 10.5 Å². The van der Waals surface area contributed by atoms with Crippen LogP contribution in [0.1, 0.15) is 26.3 Å². The highest BCUT2D eigenvalue weighted by Gasteiger charge is 2.30. The van der Waals surface area contributed by atoms with E-state index in [1.54, 1.807) is 6.07 Å². The molecule has 0 radical (unpaired) electrons. The Balaban J connectivity index is 2.80. The molecular weight excluding hydrogens is 255 g/mol. The van der Waals surface area contributed by atoms with Gasteiger partial charge in [-0.1, -0.05) is 25.1 Å². The molecule has 114 valence electrons. The Morgan fingerprint density at radius 2 is 2.00 bits per heavy atom. The molecule has 4 heteroatoms. The van der Waals surface area contributed by atoms with Gasteiger partial charge in [-0.2, -0.15) is 0 Å². The van der Waals surface area contributed by atoms with Crippen molar-refractivity contribution in [1.29, 1.82) is 0 Å². The van der Waals surface area contributed by atoms with E-state index in [4.69, 9.17) is 10.5 Å². The highest BCUT2D eigenvalue weighted by atomic mass is 19.1. The van der Waals surface area contributed by atoms with Gasteiger partial charge in [-0.15, -0.1) is 0 Å². The fraction of sp³-hybridized carbons (Fsp3) is 0.625. The summed E-state index contributed by atoms with van der Waals surface area (Å²) in [5.41, 5.74) is 6.44. The highest BCUT2D eigenvalue weighted by Crippen LogP contribution is 2.21. The van der Waals surface area contributed by atoms with Crippen molar-refractivity contribution >= 4 is 0 Å². The average Bonchev–Trinajstić information content (AvgIpc) is 2.46. The van der Waals surface area contributed by atoms with E-state index < -0.39 is 0 Å². The number of benzene rings is 1. The smallest absolute Gasteiger partial charge is 0.126 e. The Kier molecular flexibility index (Phi) is 7.13. The molecule has 2 N–H and O–H groups in total. The fourth-order valence-corrected chi connectivity index (χ4v) is 2.49. The molecule has 1 unspecified atom stereocenters. The lowest BCUT2D eigenvalue weighted by Gasteiger charge is -2.40. The predicted octanol–water partition coefficient (Wildman–Crippen LogP) is 2.44. The standard InChI is InChI=1S/C16H27FN2O/c1-4-19(10-11-20-5-2)16(3,13-18)12-14-8-6-7-9-15(14)17/h6-9H,4-5,10-13,18H2,1-3H3. The molecule has 0 aromatic heterocycles. The fourth-order valence-electron chi connectivity index (χ4n) is 2.49. The molecule has 1 atom stereocenters. The number of nitrogens with two attached hydrogens (primary N) is 1. The van der Waals surface area contributed by atoms with Crippen LogP contribution in [0.4, 0.5) is 4.39 Å². The molecule has 0 amide bonds. The molecular formula is C16H27FN2O. The third kappa shape index (κ3) is 4.54. The van der Waals surface area contributed by atoms with Crippen molar-refractivity contribution in [3.8, 4) is 0 Å². The summed E-state index contributed by atoms with van der Waals surface area (Å²) in [7, 11) is 0. The molecule has 0 saturated heterocycles. The van der Waals surface area contributed by atoms with Crippen molar-refractivity contribution in [3.05, 3.63) is 35.6 Å². The van der Waals surface area contributed by atoms with Crippen molar-refractivity contribution in [2.24, 2.45) is 5.73 Å². The zero-order valence-corrected chi connectivity index (χ0v) is 12.9. The molecule has 1 aromatic carbocycles. The largest absolute Gasteiger partial charge is 0.380 e. The lowest BCUT2D eigenvalue weighted by Crippen LogP contribution is -2.54. The first-order chi connectivity index (χ1) is 9.57. The highest BCUT2D eigenvalue weighted by molar-refractivity contribution is 5.20. The first-order valence-electron chi connectivity index (χ1n) is 7.33. The molecule has 1 aromatic rings. The molecule has 0 heterocycles. The van der Waals surface area contributed by atoms with Crippen LogP contribution >= 0.6 is 0 Å². The minimum atomic E-state index is -0.256. The Morgan fingerprint density at radius 3 is 2.55 bits per heavy atom. The second-order valence-electron chi connectivity index (χ2n) is 5.25. The monoisotopic (exact) mass is 282 g/mol. The van der Waals surface area contributed by atoms with E-state index in [1.807, 2.05) is 19.1 Å². The summed E-state index contributed by atoms with van der Waals surface area (Å²) in [4.78, 5) is 2.27. The Bertz CT molecular complexity index is 400. The summed E-state index contributed by atoms with van der Waals surface area (Å²) in [5.74, 6) is -0.159. The van der Waals surface area contributed by atoms with Gasteiger partial charge in [0, 0.05) is 25.2 Å². The Morgan fingerprint density at radius 1 is 1.30 bits per heavy atom. The first-order valence-corrected chi connectivity index (χ1v) is 7.33. The van der Waals surface area contributed by atoms with Crippen molar-refractivity contribution in [3.63, 3.8) is 0 Å². The normalized spacial score (nSPS) is 14.5. The van der Waals surface area contributed by atoms with E-state index >= 15 is 0 Å². The van der Waals surface area contributed by atoms with Crippen molar-refractivity contribution in [1.82, 2.24) is 4.90 Å². The lowest BCUT2D eigenvalue weighted by atomic mass is 9.90. The second-order valence-corrected chi connectivity index (χ2v) is 5.25.